The fourth-order valence-corrected chi connectivity index (χ4v) is 4.97. The maximum atomic E-state index is 12.2. The summed E-state index contributed by atoms with van der Waals surface area (Å²) in [7, 11) is 0. The number of aromatic nitrogens is 3. The van der Waals surface area contributed by atoms with Crippen molar-refractivity contribution in [3.63, 3.8) is 0 Å². The minimum Gasteiger partial charge on any atom is -0.325 e. The first kappa shape index (κ1) is 17.5. The molecule has 1 amide bonds. The van der Waals surface area contributed by atoms with Gasteiger partial charge in [0.15, 0.2) is 0 Å². The van der Waals surface area contributed by atoms with E-state index in [0.717, 1.165) is 29.9 Å². The minimum atomic E-state index is -0.0592. The van der Waals surface area contributed by atoms with E-state index in [1.165, 1.54) is 17.3 Å². The molecule has 136 valence electrons. The Balaban J connectivity index is 1.45. The van der Waals surface area contributed by atoms with Gasteiger partial charge in [-0.15, -0.1) is 5.10 Å². The molecule has 2 atom stereocenters. The molecular weight excluding hydrogens is 344 g/mol. The highest BCUT2D eigenvalue weighted by Gasteiger charge is 2.61. The average molecular weight is 369 g/mol. The zero-order valence-corrected chi connectivity index (χ0v) is 16.5. The molecule has 26 heavy (non-hydrogen) atoms. The summed E-state index contributed by atoms with van der Waals surface area (Å²) >= 11 is 1.35. The van der Waals surface area contributed by atoms with Gasteiger partial charge in [-0.1, -0.05) is 50.2 Å². The van der Waals surface area contributed by atoms with Crippen molar-refractivity contribution in [1.29, 1.82) is 0 Å². The van der Waals surface area contributed by atoms with Crippen LogP contribution in [-0.2, 0) is 10.2 Å². The normalized spacial score (nSPS) is 25.2. The van der Waals surface area contributed by atoms with Gasteiger partial charge in [0, 0.05) is 17.0 Å². The molecule has 6 heteroatoms. The van der Waals surface area contributed by atoms with Crippen molar-refractivity contribution < 1.29 is 4.79 Å². The lowest BCUT2D eigenvalue weighted by Crippen LogP contribution is -2.32. The Morgan fingerprint density at radius 1 is 1.23 bits per heavy atom. The smallest absolute Gasteiger partial charge is 0.234 e. The second-order valence-electron chi connectivity index (χ2n) is 8.18. The van der Waals surface area contributed by atoms with Crippen LogP contribution in [0, 0.1) is 12.3 Å². The van der Waals surface area contributed by atoms with Gasteiger partial charge in [-0.25, -0.2) is 4.98 Å². The number of carbonyl (C=O) groups excluding carboxylic acids is 1. The lowest BCUT2D eigenvalue weighted by atomic mass is 9.70. The van der Waals surface area contributed by atoms with Crippen molar-refractivity contribution in [2.24, 2.45) is 5.41 Å². The Hall–Kier alpha value is -1.95. The van der Waals surface area contributed by atoms with Crippen LogP contribution in [0.5, 0.6) is 0 Å². The standard InChI is InChI=1S/C20H24N4OS/c1-12-5-7-13(8-6-12)21-15(25)11-26-18-22-17-16(23-24-18)14-9-10-20(17,4)19(14,2)3/h5-8,14H,9-11H2,1-4H3,(H,21,25)/t14-,20-/m0/s1. The molecule has 2 aromatic rings. The van der Waals surface area contributed by atoms with Crippen LogP contribution in [-0.4, -0.2) is 26.8 Å². The van der Waals surface area contributed by atoms with Crippen LogP contribution in [0.1, 0.15) is 56.5 Å². The van der Waals surface area contributed by atoms with Crippen molar-refractivity contribution in [1.82, 2.24) is 15.2 Å². The van der Waals surface area contributed by atoms with E-state index < -0.39 is 0 Å². The summed E-state index contributed by atoms with van der Waals surface area (Å²) in [5.74, 6) is 0.667. The molecule has 1 saturated carbocycles. The lowest BCUT2D eigenvalue weighted by Gasteiger charge is -2.33. The highest BCUT2D eigenvalue weighted by atomic mass is 32.2. The van der Waals surface area contributed by atoms with Gasteiger partial charge in [-0.05, 0) is 37.3 Å². The predicted molar refractivity (Wildman–Crippen MR) is 103 cm³/mol. The predicted octanol–water partition coefficient (Wildman–Crippen LogP) is 4.09. The number of anilines is 1. The highest BCUT2D eigenvalue weighted by molar-refractivity contribution is 7.99. The van der Waals surface area contributed by atoms with Crippen LogP contribution in [0.3, 0.4) is 0 Å². The van der Waals surface area contributed by atoms with E-state index in [4.69, 9.17) is 4.98 Å². The molecular formula is C20H24N4OS. The van der Waals surface area contributed by atoms with Crippen LogP contribution in [0.2, 0.25) is 0 Å². The SMILES string of the molecule is Cc1ccc(NC(=O)CSc2nnc3c(n2)[C@]2(C)CC[C@@H]3C2(C)C)cc1. The molecule has 0 aliphatic heterocycles. The van der Waals surface area contributed by atoms with E-state index in [2.05, 4.69) is 36.3 Å². The number of carbonyl (C=O) groups is 1. The van der Waals surface area contributed by atoms with Gasteiger partial charge in [0.05, 0.1) is 17.1 Å². The number of fused-ring (bicyclic) bond motifs is 5. The molecule has 4 rings (SSSR count). The zero-order valence-electron chi connectivity index (χ0n) is 15.7. The number of benzene rings is 1. The van der Waals surface area contributed by atoms with Crippen molar-refractivity contribution in [3.05, 3.63) is 41.2 Å². The monoisotopic (exact) mass is 368 g/mol. The summed E-state index contributed by atoms with van der Waals surface area (Å²) in [4.78, 5) is 17.0. The van der Waals surface area contributed by atoms with Gasteiger partial charge in [0.1, 0.15) is 0 Å². The number of aryl methyl sites for hydroxylation is 1. The summed E-state index contributed by atoms with van der Waals surface area (Å²) in [6.45, 7) is 8.95. The molecule has 0 unspecified atom stereocenters. The molecule has 1 aromatic heterocycles. The molecule has 5 nitrogen and oxygen atoms in total. The van der Waals surface area contributed by atoms with E-state index >= 15 is 0 Å². The lowest BCUT2D eigenvalue weighted by molar-refractivity contribution is -0.113. The Labute approximate surface area is 158 Å². The first-order valence-electron chi connectivity index (χ1n) is 9.06. The fraction of sp³-hybridized carbons (Fsp3) is 0.500. The Morgan fingerprint density at radius 3 is 2.69 bits per heavy atom. The molecule has 2 aliphatic carbocycles. The number of hydrogen-bond acceptors (Lipinski definition) is 5. The minimum absolute atomic E-state index is 0.0579. The summed E-state index contributed by atoms with van der Waals surface area (Å²) in [6, 6.07) is 7.78. The molecule has 0 saturated heterocycles. The number of hydrogen-bond donors (Lipinski definition) is 1. The van der Waals surface area contributed by atoms with Crippen molar-refractivity contribution in [3.8, 4) is 0 Å². The first-order chi connectivity index (χ1) is 12.3. The van der Waals surface area contributed by atoms with E-state index in [0.29, 0.717) is 11.1 Å². The van der Waals surface area contributed by atoms with Crippen molar-refractivity contribution in [2.45, 2.75) is 57.0 Å². The van der Waals surface area contributed by atoms with E-state index in [1.54, 1.807) is 0 Å². The molecule has 1 fully saturated rings. The number of thioether (sulfide) groups is 1. The van der Waals surface area contributed by atoms with Gasteiger partial charge in [0.2, 0.25) is 11.1 Å². The molecule has 2 aliphatic rings. The Kier molecular flexibility index (Phi) is 4.06. The average Bonchev–Trinajstić information content (AvgIpc) is 2.94. The van der Waals surface area contributed by atoms with Gasteiger partial charge in [-0.2, -0.15) is 5.10 Å². The second-order valence-corrected chi connectivity index (χ2v) is 9.12. The molecule has 2 bridgehead atoms. The topological polar surface area (TPSA) is 67.8 Å². The summed E-state index contributed by atoms with van der Waals surface area (Å²) in [6.07, 6.45) is 2.31. The number of nitrogens with one attached hydrogen (secondary N) is 1. The van der Waals surface area contributed by atoms with E-state index in [9.17, 15) is 4.79 Å². The third-order valence-electron chi connectivity index (χ3n) is 6.44. The third-order valence-corrected chi connectivity index (χ3v) is 7.28. The Bertz CT molecular complexity index is 865. The largest absolute Gasteiger partial charge is 0.325 e. The van der Waals surface area contributed by atoms with Gasteiger partial charge < -0.3 is 5.32 Å². The van der Waals surface area contributed by atoms with Crippen LogP contribution >= 0.6 is 11.8 Å². The summed E-state index contributed by atoms with van der Waals surface area (Å²) in [5.41, 5.74) is 4.36. The summed E-state index contributed by atoms with van der Waals surface area (Å²) in [5, 5.41) is 12.3. The number of rotatable bonds is 4. The van der Waals surface area contributed by atoms with Crippen molar-refractivity contribution >= 4 is 23.4 Å². The van der Waals surface area contributed by atoms with Gasteiger partial charge in [-0.3, -0.25) is 4.79 Å². The number of nitrogens with zero attached hydrogens (tertiary/aromatic N) is 3. The highest BCUT2D eigenvalue weighted by Crippen LogP contribution is 2.66. The van der Waals surface area contributed by atoms with Crippen LogP contribution < -0.4 is 5.32 Å². The summed E-state index contributed by atoms with van der Waals surface area (Å²) < 4.78 is 0. The quantitative estimate of drug-likeness (QED) is 0.824. The van der Waals surface area contributed by atoms with Crippen LogP contribution in [0.4, 0.5) is 5.69 Å². The maximum absolute atomic E-state index is 12.2. The maximum Gasteiger partial charge on any atom is 0.234 e. The zero-order chi connectivity index (χ0) is 18.5. The molecule has 0 radical (unpaired) electrons. The molecule has 0 spiro atoms. The Morgan fingerprint density at radius 2 is 1.96 bits per heavy atom. The van der Waals surface area contributed by atoms with Gasteiger partial charge >= 0.3 is 0 Å². The van der Waals surface area contributed by atoms with Gasteiger partial charge in [0.25, 0.3) is 0 Å². The van der Waals surface area contributed by atoms with Crippen molar-refractivity contribution in [2.75, 3.05) is 11.1 Å². The molecule has 1 heterocycles. The first-order valence-corrected chi connectivity index (χ1v) is 10.0. The third kappa shape index (κ3) is 2.62. The van der Waals surface area contributed by atoms with E-state index in [1.807, 2.05) is 31.2 Å². The molecule has 1 aromatic carbocycles. The molecule has 1 N–H and O–H groups in total. The van der Waals surface area contributed by atoms with Crippen LogP contribution in [0.15, 0.2) is 29.4 Å². The second kappa shape index (κ2) is 6.05. The number of amides is 1. The fourth-order valence-electron chi connectivity index (χ4n) is 4.39. The van der Waals surface area contributed by atoms with Crippen LogP contribution in [0.25, 0.3) is 0 Å². The van der Waals surface area contributed by atoms with E-state index in [-0.39, 0.29) is 22.5 Å².